The highest BCUT2D eigenvalue weighted by atomic mass is 16.3. The van der Waals surface area contributed by atoms with Gasteiger partial charge in [0.25, 0.3) is 0 Å². The Labute approximate surface area is 71.9 Å². The third-order valence-electron chi connectivity index (χ3n) is 1.72. The molecule has 1 radical (unpaired) electrons. The predicted octanol–water partition coefficient (Wildman–Crippen LogP) is 1.26. The fraction of sp³-hybridized carbons (Fsp3) is 0.333. The van der Waals surface area contributed by atoms with Crippen LogP contribution in [0.2, 0.25) is 0 Å². The molecule has 0 saturated carbocycles. The fourth-order valence-corrected chi connectivity index (χ4v) is 0.973. The van der Waals surface area contributed by atoms with Gasteiger partial charge < -0.3 is 10.0 Å². The number of anilines is 1. The summed E-state index contributed by atoms with van der Waals surface area (Å²) in [7, 11) is 1.85. The maximum absolute atomic E-state index is 10.3. The number of rotatable bonds is 3. The first-order valence-corrected chi connectivity index (χ1v) is 3.82. The van der Waals surface area contributed by atoms with Crippen molar-refractivity contribution in [3.63, 3.8) is 0 Å². The largest absolute Gasteiger partial charge is 0.508 e. The molecule has 0 saturated heterocycles. The van der Waals surface area contributed by atoms with Gasteiger partial charge in [-0.3, -0.25) is 0 Å². The molecule has 0 heterocycles. The molecular formula is C9H12NO2. The summed E-state index contributed by atoms with van der Waals surface area (Å²) in [4.78, 5) is 1.85. The minimum atomic E-state index is -0.114. The van der Waals surface area contributed by atoms with Crippen molar-refractivity contribution in [2.75, 3.05) is 25.1 Å². The van der Waals surface area contributed by atoms with Crippen LogP contribution in [0.1, 0.15) is 0 Å². The van der Waals surface area contributed by atoms with E-state index in [9.17, 15) is 5.11 Å². The van der Waals surface area contributed by atoms with Crippen molar-refractivity contribution in [1.29, 1.82) is 0 Å². The van der Waals surface area contributed by atoms with Crippen LogP contribution in [0.5, 0.6) is 5.75 Å². The maximum atomic E-state index is 10.3. The first-order chi connectivity index (χ1) is 5.74. The monoisotopic (exact) mass is 166 g/mol. The normalized spacial score (nSPS) is 9.83. The molecule has 0 aliphatic carbocycles. The molecule has 65 valence electrons. The molecule has 1 N–H and O–H groups in total. The van der Waals surface area contributed by atoms with E-state index < -0.39 is 0 Å². The third kappa shape index (κ3) is 2.13. The van der Waals surface area contributed by atoms with Crippen molar-refractivity contribution in [2.45, 2.75) is 0 Å². The smallest absolute Gasteiger partial charge is 0.115 e. The van der Waals surface area contributed by atoms with E-state index in [1.807, 2.05) is 11.9 Å². The molecule has 3 nitrogen and oxygen atoms in total. The number of nitrogens with zero attached hydrogens (tertiary/aromatic N) is 1. The van der Waals surface area contributed by atoms with Crippen molar-refractivity contribution < 1.29 is 10.2 Å². The Hall–Kier alpha value is -1.22. The van der Waals surface area contributed by atoms with E-state index in [1.54, 1.807) is 24.3 Å². The van der Waals surface area contributed by atoms with E-state index in [-0.39, 0.29) is 12.4 Å². The number of likely N-dealkylation sites (N-methyl/N-ethyl adjacent to an activating group) is 1. The zero-order valence-corrected chi connectivity index (χ0v) is 7.03. The Morgan fingerprint density at radius 1 is 1.33 bits per heavy atom. The highest BCUT2D eigenvalue weighted by Gasteiger charge is 1.98. The van der Waals surface area contributed by atoms with Gasteiger partial charge in [0.15, 0.2) is 0 Å². The van der Waals surface area contributed by atoms with Crippen molar-refractivity contribution in [1.82, 2.24) is 0 Å². The molecule has 0 unspecified atom stereocenters. The summed E-state index contributed by atoms with van der Waals surface area (Å²) in [5.41, 5.74) is 0.948. The van der Waals surface area contributed by atoms with Crippen molar-refractivity contribution in [3.05, 3.63) is 24.3 Å². The van der Waals surface area contributed by atoms with E-state index in [0.29, 0.717) is 6.54 Å². The summed E-state index contributed by atoms with van der Waals surface area (Å²) in [6.07, 6.45) is 0. The van der Waals surface area contributed by atoms with Gasteiger partial charge in [-0.15, -0.1) is 0 Å². The molecule has 1 rings (SSSR count). The number of phenolic OH excluding ortho intramolecular Hbond substituents is 1. The van der Waals surface area contributed by atoms with Gasteiger partial charge in [-0.25, -0.2) is 5.11 Å². The Balaban J connectivity index is 2.68. The van der Waals surface area contributed by atoms with Gasteiger partial charge in [0.05, 0.1) is 6.61 Å². The SMILES string of the molecule is CN(CC[O])c1ccc(O)cc1. The molecule has 0 bridgehead atoms. The highest BCUT2D eigenvalue weighted by molar-refractivity contribution is 5.47. The Kier molecular flexibility index (Phi) is 2.94. The highest BCUT2D eigenvalue weighted by Crippen LogP contribution is 2.16. The van der Waals surface area contributed by atoms with Crippen molar-refractivity contribution in [3.8, 4) is 5.75 Å². The maximum Gasteiger partial charge on any atom is 0.115 e. The van der Waals surface area contributed by atoms with Crippen LogP contribution >= 0.6 is 0 Å². The molecule has 0 aliphatic rings. The van der Waals surface area contributed by atoms with E-state index in [2.05, 4.69) is 0 Å². The van der Waals surface area contributed by atoms with Crippen molar-refractivity contribution >= 4 is 5.69 Å². The second-order valence-corrected chi connectivity index (χ2v) is 2.64. The molecule has 12 heavy (non-hydrogen) atoms. The number of hydrogen-bond acceptors (Lipinski definition) is 2. The molecule has 0 aliphatic heterocycles. The van der Waals surface area contributed by atoms with Crippen LogP contribution in [0.4, 0.5) is 5.69 Å². The number of hydrogen-bond donors (Lipinski definition) is 1. The lowest BCUT2D eigenvalue weighted by atomic mass is 10.3. The summed E-state index contributed by atoms with van der Waals surface area (Å²) in [5, 5.41) is 19.3. The Bertz CT molecular complexity index is 233. The molecule has 0 aromatic heterocycles. The lowest BCUT2D eigenvalue weighted by Gasteiger charge is -2.16. The average molecular weight is 166 g/mol. The van der Waals surface area contributed by atoms with E-state index >= 15 is 0 Å². The predicted molar refractivity (Wildman–Crippen MR) is 46.9 cm³/mol. The van der Waals surface area contributed by atoms with Crippen LogP contribution in [0.15, 0.2) is 24.3 Å². The lowest BCUT2D eigenvalue weighted by Crippen LogP contribution is -2.20. The first kappa shape index (κ1) is 8.87. The molecular weight excluding hydrogens is 154 g/mol. The fourth-order valence-electron chi connectivity index (χ4n) is 0.973. The minimum Gasteiger partial charge on any atom is -0.508 e. The van der Waals surface area contributed by atoms with E-state index in [1.165, 1.54) is 0 Å². The number of phenols is 1. The average Bonchev–Trinajstić information content (AvgIpc) is 2.06. The van der Waals surface area contributed by atoms with Crippen LogP contribution in [0.3, 0.4) is 0 Å². The Morgan fingerprint density at radius 2 is 1.92 bits per heavy atom. The molecule has 1 aromatic carbocycles. The number of aromatic hydroxyl groups is 1. The zero-order valence-electron chi connectivity index (χ0n) is 7.03. The zero-order chi connectivity index (χ0) is 8.97. The number of benzene rings is 1. The second kappa shape index (κ2) is 3.97. The van der Waals surface area contributed by atoms with Gasteiger partial charge >= 0.3 is 0 Å². The topological polar surface area (TPSA) is 43.4 Å². The summed E-state index contributed by atoms with van der Waals surface area (Å²) >= 11 is 0. The van der Waals surface area contributed by atoms with Crippen LogP contribution in [-0.4, -0.2) is 25.3 Å². The molecule has 0 fully saturated rings. The summed E-state index contributed by atoms with van der Waals surface area (Å²) in [6, 6.07) is 6.78. The molecule has 1 aromatic rings. The van der Waals surface area contributed by atoms with Gasteiger partial charge in [-0.05, 0) is 24.3 Å². The third-order valence-corrected chi connectivity index (χ3v) is 1.72. The van der Waals surface area contributed by atoms with Gasteiger partial charge in [-0.2, -0.15) is 0 Å². The van der Waals surface area contributed by atoms with Crippen LogP contribution in [0, 0.1) is 0 Å². The molecule has 0 amide bonds. The van der Waals surface area contributed by atoms with E-state index in [4.69, 9.17) is 5.11 Å². The van der Waals surface area contributed by atoms with Gasteiger partial charge in [0.1, 0.15) is 5.75 Å². The lowest BCUT2D eigenvalue weighted by molar-refractivity contribution is 0.201. The molecule has 0 spiro atoms. The Morgan fingerprint density at radius 3 is 2.42 bits per heavy atom. The molecule has 3 heteroatoms. The van der Waals surface area contributed by atoms with E-state index in [0.717, 1.165) is 5.69 Å². The summed E-state index contributed by atoms with van der Waals surface area (Å²) in [6.45, 7) is 0.377. The summed E-state index contributed by atoms with van der Waals surface area (Å²) < 4.78 is 0. The minimum absolute atomic E-state index is 0.114. The van der Waals surface area contributed by atoms with Crippen LogP contribution in [0.25, 0.3) is 0 Å². The quantitative estimate of drug-likeness (QED) is 0.734. The van der Waals surface area contributed by atoms with Gasteiger partial charge in [0.2, 0.25) is 0 Å². The van der Waals surface area contributed by atoms with Crippen LogP contribution in [-0.2, 0) is 5.11 Å². The van der Waals surface area contributed by atoms with Crippen molar-refractivity contribution in [2.24, 2.45) is 0 Å². The first-order valence-electron chi connectivity index (χ1n) is 3.82. The van der Waals surface area contributed by atoms with Gasteiger partial charge in [0, 0.05) is 19.3 Å². The summed E-state index contributed by atoms with van der Waals surface area (Å²) in [5.74, 6) is 0.245. The molecule has 0 atom stereocenters. The van der Waals surface area contributed by atoms with Gasteiger partial charge in [-0.1, -0.05) is 0 Å². The van der Waals surface area contributed by atoms with Crippen LogP contribution < -0.4 is 4.90 Å². The second-order valence-electron chi connectivity index (χ2n) is 2.64. The standard InChI is InChI=1S/C9H12NO2/c1-10(6-7-11)8-2-4-9(12)5-3-8/h2-5,12H,6-7H2,1H3.